The number of nitrogens with zero attached hydrogens (tertiary/aromatic N) is 1. The van der Waals surface area contributed by atoms with Gasteiger partial charge in [0.15, 0.2) is 23.0 Å². The molecule has 0 aliphatic heterocycles. The van der Waals surface area contributed by atoms with E-state index in [1.165, 1.54) is 30.3 Å². The van der Waals surface area contributed by atoms with E-state index in [-0.39, 0.29) is 72.6 Å². The van der Waals surface area contributed by atoms with Crippen molar-refractivity contribution in [2.24, 2.45) is 5.73 Å². The lowest BCUT2D eigenvalue weighted by molar-refractivity contribution is -0.138. The van der Waals surface area contributed by atoms with Crippen molar-refractivity contribution in [1.82, 2.24) is 10.0 Å². The molecule has 0 aliphatic rings. The number of amides is 1. The topological polar surface area (TPSA) is 209 Å². The fourth-order valence-electron chi connectivity index (χ4n) is 5.85. The molecule has 6 aromatic rings. The SMILES string of the molecule is N#Cc1c(OCCN)c(OCCNC(=O)c2ccc(OCc3ccccc3)c(OCc3ccccc3)c2)cc2sc(S(=O)(=O)NCP(=O)(O)Oc3ccccc3)c(C(F)(F)F)c12. The molecule has 62 heavy (non-hydrogen) atoms. The van der Waals surface area contributed by atoms with Crippen molar-refractivity contribution in [2.45, 2.75) is 23.6 Å². The van der Waals surface area contributed by atoms with Gasteiger partial charge in [-0.25, -0.2) is 13.0 Å². The van der Waals surface area contributed by atoms with Crippen LogP contribution >= 0.6 is 18.9 Å². The van der Waals surface area contributed by atoms with Gasteiger partial charge in [-0.3, -0.25) is 4.79 Å². The number of alkyl halides is 3. The first-order valence-electron chi connectivity index (χ1n) is 18.6. The maximum atomic E-state index is 14.8. The standard InChI is InChI=1S/C42H38F3N4O10PS2/c43-42(44,45)38-37-32(24-47)39(56-20-18-46)35(23-36(37)61-41(38)62(53,54)49-27-60(51,52)59-31-14-8-3-9-15-31)55-21-19-48-40(50)30-16-17-33(57-25-28-10-4-1-5-11-28)34(22-30)58-26-29-12-6-2-7-13-29/h1-17,22-23,49H,18-21,25-27,46H2,(H,48,50)(H,51,52). The van der Waals surface area contributed by atoms with E-state index >= 15 is 0 Å². The number of halogens is 3. The summed E-state index contributed by atoms with van der Waals surface area (Å²) >= 11 is 0.151. The van der Waals surface area contributed by atoms with Crippen molar-refractivity contribution >= 4 is 44.9 Å². The molecule has 0 aliphatic carbocycles. The molecular weight excluding hydrogens is 873 g/mol. The molecule has 1 aromatic heterocycles. The van der Waals surface area contributed by atoms with E-state index in [1.807, 2.05) is 60.7 Å². The van der Waals surface area contributed by atoms with Crippen LogP contribution in [0.15, 0.2) is 119 Å². The van der Waals surface area contributed by atoms with E-state index in [0.29, 0.717) is 11.5 Å². The number of para-hydroxylation sites is 1. The number of carbonyl (C=O) groups is 1. The van der Waals surface area contributed by atoms with E-state index in [9.17, 15) is 41.1 Å². The molecule has 0 saturated heterocycles. The Bertz CT molecular complexity index is 2700. The number of benzene rings is 5. The normalized spacial score (nSPS) is 12.5. The Morgan fingerprint density at radius 1 is 0.823 bits per heavy atom. The average Bonchev–Trinajstić information content (AvgIpc) is 3.67. The van der Waals surface area contributed by atoms with Crippen LogP contribution in [0.2, 0.25) is 0 Å². The number of hydrogen-bond donors (Lipinski definition) is 4. The molecule has 0 radical (unpaired) electrons. The van der Waals surface area contributed by atoms with Gasteiger partial charge in [-0.15, -0.1) is 11.3 Å². The highest BCUT2D eigenvalue weighted by molar-refractivity contribution is 7.92. The second-order valence-corrected chi connectivity index (χ2v) is 17.9. The van der Waals surface area contributed by atoms with Crippen LogP contribution < -0.4 is 39.2 Å². The quantitative estimate of drug-likeness (QED) is 0.0432. The third kappa shape index (κ3) is 11.6. The van der Waals surface area contributed by atoms with E-state index in [2.05, 4.69) is 5.32 Å². The number of ether oxygens (including phenoxy) is 4. The van der Waals surface area contributed by atoms with Crippen molar-refractivity contribution < 1.29 is 59.3 Å². The highest BCUT2D eigenvalue weighted by atomic mass is 32.2. The van der Waals surface area contributed by atoms with Gasteiger partial charge in [0, 0.05) is 28.3 Å². The van der Waals surface area contributed by atoms with Crippen LogP contribution in [0.25, 0.3) is 10.1 Å². The largest absolute Gasteiger partial charge is 0.488 e. The number of hydrogen-bond acceptors (Lipinski definition) is 12. The average molecular weight is 911 g/mol. The first-order chi connectivity index (χ1) is 29.7. The van der Waals surface area contributed by atoms with Crippen LogP contribution in [0.4, 0.5) is 13.2 Å². The number of sulfonamides is 1. The highest BCUT2D eigenvalue weighted by Crippen LogP contribution is 2.50. The third-order valence-electron chi connectivity index (χ3n) is 8.64. The molecule has 1 amide bonds. The Hall–Kier alpha value is -6.13. The molecule has 1 unspecified atom stereocenters. The summed E-state index contributed by atoms with van der Waals surface area (Å²) in [5.41, 5.74) is 5.22. The predicted molar refractivity (Wildman–Crippen MR) is 224 cm³/mol. The number of carbonyl (C=O) groups excluding carboxylic acids is 1. The lowest BCUT2D eigenvalue weighted by Crippen LogP contribution is -2.28. The zero-order valence-corrected chi connectivity index (χ0v) is 35.0. The summed E-state index contributed by atoms with van der Waals surface area (Å²) in [5, 5.41) is 12.1. The number of fused-ring (bicyclic) bond motifs is 1. The van der Waals surface area contributed by atoms with Crippen LogP contribution in [0.3, 0.4) is 0 Å². The van der Waals surface area contributed by atoms with Gasteiger partial charge < -0.3 is 39.4 Å². The summed E-state index contributed by atoms with van der Waals surface area (Å²) in [4.78, 5) is 23.6. The molecule has 1 atom stereocenters. The number of nitriles is 1. The lowest BCUT2D eigenvalue weighted by atomic mass is 10.0. The molecule has 5 aromatic carbocycles. The van der Waals surface area contributed by atoms with Gasteiger partial charge in [-0.2, -0.15) is 23.2 Å². The Labute approximate surface area is 358 Å². The van der Waals surface area contributed by atoms with Gasteiger partial charge >= 0.3 is 13.8 Å². The highest BCUT2D eigenvalue weighted by Gasteiger charge is 2.43. The smallest absolute Gasteiger partial charge is 0.419 e. The zero-order chi connectivity index (χ0) is 44.3. The summed E-state index contributed by atoms with van der Waals surface area (Å²) in [6.07, 6.45) is -6.62. The second-order valence-electron chi connectivity index (χ2n) is 13.1. The van der Waals surface area contributed by atoms with E-state index in [1.54, 1.807) is 29.0 Å². The first-order valence-corrected chi connectivity index (χ1v) is 22.6. The molecule has 14 nitrogen and oxygen atoms in total. The molecule has 0 fully saturated rings. The molecule has 0 bridgehead atoms. The van der Waals surface area contributed by atoms with Crippen molar-refractivity contribution in [3.05, 3.63) is 143 Å². The monoisotopic (exact) mass is 910 g/mol. The number of thiophene rings is 1. The molecule has 0 saturated carbocycles. The number of rotatable bonds is 20. The first kappa shape index (κ1) is 45.4. The predicted octanol–water partition coefficient (Wildman–Crippen LogP) is 7.60. The summed E-state index contributed by atoms with van der Waals surface area (Å²) < 4.78 is 113. The summed E-state index contributed by atoms with van der Waals surface area (Å²) in [5.74, 6) is -0.584. The molecular formula is C42H38F3N4O10PS2. The van der Waals surface area contributed by atoms with Crippen LogP contribution in [0.5, 0.6) is 28.7 Å². The molecule has 6 rings (SSSR count). The molecule has 1 heterocycles. The van der Waals surface area contributed by atoms with E-state index < -0.39 is 62.5 Å². The summed E-state index contributed by atoms with van der Waals surface area (Å²) in [6.45, 7) is -0.367. The third-order valence-corrected chi connectivity index (χ3v) is 13.0. The summed E-state index contributed by atoms with van der Waals surface area (Å²) in [7, 11) is -9.92. The van der Waals surface area contributed by atoms with Gasteiger partial charge in [0.2, 0.25) is 0 Å². The van der Waals surface area contributed by atoms with E-state index in [4.69, 9.17) is 29.2 Å². The Morgan fingerprint density at radius 3 is 2.03 bits per heavy atom. The minimum Gasteiger partial charge on any atom is -0.488 e. The molecule has 5 N–H and O–H groups in total. The van der Waals surface area contributed by atoms with Gasteiger partial charge in [0.1, 0.15) is 54.3 Å². The molecule has 20 heteroatoms. The van der Waals surface area contributed by atoms with Crippen molar-refractivity contribution in [2.75, 3.05) is 32.6 Å². The molecule has 0 spiro atoms. The van der Waals surface area contributed by atoms with Crippen molar-refractivity contribution in [3.8, 4) is 34.8 Å². The fourth-order valence-corrected chi connectivity index (χ4v) is 10.2. The minimum atomic E-state index is -5.34. The second kappa shape index (κ2) is 20.2. The Balaban J connectivity index is 1.21. The van der Waals surface area contributed by atoms with Gasteiger partial charge in [0.25, 0.3) is 15.9 Å². The van der Waals surface area contributed by atoms with Crippen LogP contribution in [-0.2, 0) is 34.0 Å². The maximum absolute atomic E-state index is 14.8. The Kier molecular flexibility index (Phi) is 14.8. The van der Waals surface area contributed by atoms with Crippen LogP contribution in [0.1, 0.15) is 32.6 Å². The number of nitrogens with one attached hydrogen (secondary N) is 2. The molecule has 324 valence electrons. The Morgan fingerprint density at radius 2 is 1.44 bits per heavy atom. The van der Waals surface area contributed by atoms with Crippen molar-refractivity contribution in [1.29, 1.82) is 5.26 Å². The maximum Gasteiger partial charge on any atom is 0.419 e. The van der Waals surface area contributed by atoms with Crippen molar-refractivity contribution in [3.63, 3.8) is 0 Å². The summed E-state index contributed by atoms with van der Waals surface area (Å²) in [6, 6.07) is 33.5. The fraction of sp³-hybridized carbons (Fsp3) is 0.190. The van der Waals surface area contributed by atoms with Gasteiger partial charge in [-0.1, -0.05) is 78.9 Å². The van der Waals surface area contributed by atoms with Crippen LogP contribution in [0, 0.1) is 11.3 Å². The van der Waals surface area contributed by atoms with Crippen LogP contribution in [-0.4, -0.2) is 51.8 Å². The van der Waals surface area contributed by atoms with E-state index in [0.717, 1.165) is 17.2 Å². The number of nitrogens with two attached hydrogens (primary N) is 1. The lowest BCUT2D eigenvalue weighted by Gasteiger charge is -2.17. The zero-order valence-electron chi connectivity index (χ0n) is 32.5. The van der Waals surface area contributed by atoms with Gasteiger partial charge in [0.05, 0.1) is 12.1 Å². The minimum absolute atomic E-state index is 0.0803. The van der Waals surface area contributed by atoms with Gasteiger partial charge in [-0.05, 0) is 41.5 Å².